The molecule has 0 aliphatic heterocycles. The van der Waals surface area contributed by atoms with E-state index in [4.69, 9.17) is 0 Å². The third-order valence-corrected chi connectivity index (χ3v) is 3.00. The molecule has 1 amide bonds. The number of hydrogen-bond donors (Lipinski definition) is 1. The molecule has 1 aromatic carbocycles. The van der Waals surface area contributed by atoms with Crippen LogP contribution in [0.2, 0.25) is 0 Å². The molecule has 1 heterocycles. The minimum absolute atomic E-state index is 0.0105. The van der Waals surface area contributed by atoms with Crippen molar-refractivity contribution in [1.82, 2.24) is 4.98 Å². The topological polar surface area (TPSA) is 42.0 Å². The first-order valence-electron chi connectivity index (χ1n) is 6.40. The van der Waals surface area contributed by atoms with E-state index < -0.39 is 11.7 Å². The summed E-state index contributed by atoms with van der Waals surface area (Å²) in [6, 6.07) is 8.90. The Morgan fingerprint density at radius 2 is 1.90 bits per heavy atom. The molecular weight excluding hydrogens is 255 g/mol. The van der Waals surface area contributed by atoms with Crippen molar-refractivity contribution in [3.8, 4) is 0 Å². The van der Waals surface area contributed by atoms with E-state index in [0.717, 1.165) is 11.8 Å². The third-order valence-electron chi connectivity index (χ3n) is 3.00. The Morgan fingerprint density at radius 3 is 2.55 bits per heavy atom. The van der Waals surface area contributed by atoms with E-state index in [-0.39, 0.29) is 11.0 Å². The van der Waals surface area contributed by atoms with Crippen LogP contribution in [0, 0.1) is 5.82 Å². The molecule has 0 saturated heterocycles. The molecule has 0 bridgehead atoms. The minimum atomic E-state index is -0.627. The van der Waals surface area contributed by atoms with Gasteiger partial charge in [0.1, 0.15) is 0 Å². The van der Waals surface area contributed by atoms with E-state index in [1.165, 1.54) is 12.3 Å². The molecule has 0 aliphatic carbocycles. The zero-order valence-corrected chi connectivity index (χ0v) is 11.8. The van der Waals surface area contributed by atoms with Gasteiger partial charge >= 0.3 is 0 Å². The van der Waals surface area contributed by atoms with Crippen molar-refractivity contribution in [2.45, 2.75) is 26.2 Å². The van der Waals surface area contributed by atoms with Crippen molar-refractivity contribution in [2.24, 2.45) is 0 Å². The third kappa shape index (κ3) is 3.02. The number of rotatable bonds is 2. The van der Waals surface area contributed by atoms with E-state index in [2.05, 4.69) is 31.1 Å². The average molecular weight is 272 g/mol. The first kappa shape index (κ1) is 14.2. The van der Waals surface area contributed by atoms with Crippen molar-refractivity contribution < 1.29 is 9.18 Å². The summed E-state index contributed by atoms with van der Waals surface area (Å²) in [4.78, 5) is 15.8. The zero-order chi connectivity index (χ0) is 14.8. The number of hydrogen-bond acceptors (Lipinski definition) is 2. The molecule has 2 rings (SSSR count). The number of carbonyl (C=O) groups is 1. The van der Waals surface area contributed by atoms with Gasteiger partial charge in [0.15, 0.2) is 5.82 Å². The van der Waals surface area contributed by atoms with E-state index in [1.54, 1.807) is 0 Å². The molecule has 0 saturated carbocycles. The number of amides is 1. The fourth-order valence-corrected chi connectivity index (χ4v) is 2.00. The number of anilines is 1. The molecule has 0 atom stereocenters. The Kier molecular flexibility index (Phi) is 3.84. The second-order valence-corrected chi connectivity index (χ2v) is 5.61. The van der Waals surface area contributed by atoms with E-state index in [0.29, 0.717) is 5.69 Å². The smallest absolute Gasteiger partial charge is 0.258 e. The van der Waals surface area contributed by atoms with Gasteiger partial charge in [0, 0.05) is 11.9 Å². The minimum Gasteiger partial charge on any atom is -0.322 e. The Hall–Kier alpha value is -2.23. The lowest BCUT2D eigenvalue weighted by Gasteiger charge is -2.23. The number of benzene rings is 1. The lowest BCUT2D eigenvalue weighted by molar-refractivity contribution is 0.102. The van der Waals surface area contributed by atoms with Gasteiger partial charge in [-0.25, -0.2) is 4.39 Å². The Balaban J connectivity index is 2.32. The lowest BCUT2D eigenvalue weighted by atomic mass is 9.86. The SMILES string of the molecule is CC(C)(C)c1ccccc1NC(=O)c1ccncc1F. The van der Waals surface area contributed by atoms with Crippen LogP contribution in [0.1, 0.15) is 36.7 Å². The standard InChI is InChI=1S/C16H17FN2O/c1-16(2,3)12-6-4-5-7-14(12)19-15(20)11-8-9-18-10-13(11)17/h4-10H,1-3H3,(H,19,20). The molecule has 0 unspecified atom stereocenters. The summed E-state index contributed by atoms with van der Waals surface area (Å²) in [6.07, 6.45) is 2.43. The maximum Gasteiger partial charge on any atom is 0.258 e. The van der Waals surface area contributed by atoms with Crippen LogP contribution >= 0.6 is 0 Å². The number of nitrogens with one attached hydrogen (secondary N) is 1. The van der Waals surface area contributed by atoms with Gasteiger partial charge in [-0.15, -0.1) is 0 Å². The summed E-state index contributed by atoms with van der Waals surface area (Å²) < 4.78 is 13.6. The molecule has 1 N–H and O–H groups in total. The molecule has 0 spiro atoms. The van der Waals surface area contributed by atoms with Crippen molar-refractivity contribution >= 4 is 11.6 Å². The zero-order valence-electron chi connectivity index (χ0n) is 11.8. The number of para-hydroxylation sites is 1. The van der Waals surface area contributed by atoms with Gasteiger partial charge in [-0.3, -0.25) is 9.78 Å². The summed E-state index contributed by atoms with van der Waals surface area (Å²) >= 11 is 0. The molecule has 104 valence electrons. The first-order chi connectivity index (χ1) is 9.39. The van der Waals surface area contributed by atoms with Crippen LogP contribution in [0.4, 0.5) is 10.1 Å². The van der Waals surface area contributed by atoms with E-state index in [1.807, 2.05) is 24.3 Å². The first-order valence-corrected chi connectivity index (χ1v) is 6.40. The summed E-state index contributed by atoms with van der Waals surface area (Å²) in [5.74, 6) is -1.10. The molecule has 4 heteroatoms. The van der Waals surface area contributed by atoms with E-state index in [9.17, 15) is 9.18 Å². The summed E-state index contributed by atoms with van der Waals surface area (Å²) in [7, 11) is 0. The highest BCUT2D eigenvalue weighted by Gasteiger charge is 2.19. The molecule has 1 aromatic heterocycles. The molecule has 0 fully saturated rings. The van der Waals surface area contributed by atoms with Crippen LogP contribution in [-0.2, 0) is 5.41 Å². The molecule has 0 aliphatic rings. The highest BCUT2D eigenvalue weighted by Crippen LogP contribution is 2.29. The highest BCUT2D eigenvalue weighted by molar-refractivity contribution is 6.04. The van der Waals surface area contributed by atoms with Gasteiger partial charge in [-0.05, 0) is 23.1 Å². The summed E-state index contributed by atoms with van der Waals surface area (Å²) in [5, 5.41) is 2.77. The van der Waals surface area contributed by atoms with Crippen LogP contribution in [0.3, 0.4) is 0 Å². The maximum atomic E-state index is 13.6. The van der Waals surface area contributed by atoms with Gasteiger partial charge < -0.3 is 5.32 Å². The number of halogens is 1. The molecular formula is C16H17FN2O. The quantitative estimate of drug-likeness (QED) is 0.904. The summed E-state index contributed by atoms with van der Waals surface area (Å²) in [5.41, 5.74) is 1.58. The van der Waals surface area contributed by atoms with Gasteiger partial charge in [0.05, 0.1) is 11.8 Å². The van der Waals surface area contributed by atoms with E-state index >= 15 is 0 Å². The number of aromatic nitrogens is 1. The Morgan fingerprint density at radius 1 is 1.20 bits per heavy atom. The van der Waals surface area contributed by atoms with Crippen molar-refractivity contribution in [3.63, 3.8) is 0 Å². The molecule has 0 radical (unpaired) electrons. The van der Waals surface area contributed by atoms with Crippen molar-refractivity contribution in [2.75, 3.05) is 5.32 Å². The monoisotopic (exact) mass is 272 g/mol. The van der Waals surface area contributed by atoms with Gasteiger partial charge in [-0.1, -0.05) is 39.0 Å². The second kappa shape index (κ2) is 5.41. The molecule has 3 nitrogen and oxygen atoms in total. The Bertz CT molecular complexity index is 632. The fraction of sp³-hybridized carbons (Fsp3) is 0.250. The predicted molar refractivity (Wildman–Crippen MR) is 77.3 cm³/mol. The van der Waals surface area contributed by atoms with Crippen molar-refractivity contribution in [1.29, 1.82) is 0 Å². The molecule has 20 heavy (non-hydrogen) atoms. The van der Waals surface area contributed by atoms with Crippen LogP contribution in [0.15, 0.2) is 42.7 Å². The van der Waals surface area contributed by atoms with Crippen LogP contribution in [-0.4, -0.2) is 10.9 Å². The normalized spacial score (nSPS) is 11.2. The van der Waals surface area contributed by atoms with Crippen molar-refractivity contribution in [3.05, 3.63) is 59.7 Å². The van der Waals surface area contributed by atoms with Gasteiger partial charge in [-0.2, -0.15) is 0 Å². The Labute approximate surface area is 117 Å². The number of carbonyl (C=O) groups excluding carboxylic acids is 1. The van der Waals surface area contributed by atoms with Gasteiger partial charge in [0.2, 0.25) is 0 Å². The predicted octanol–water partition coefficient (Wildman–Crippen LogP) is 3.77. The van der Waals surface area contributed by atoms with Crippen LogP contribution in [0.5, 0.6) is 0 Å². The average Bonchev–Trinajstić information content (AvgIpc) is 2.38. The highest BCUT2D eigenvalue weighted by atomic mass is 19.1. The fourth-order valence-electron chi connectivity index (χ4n) is 2.00. The maximum absolute atomic E-state index is 13.6. The number of nitrogens with zero attached hydrogens (tertiary/aromatic N) is 1. The molecule has 2 aromatic rings. The lowest BCUT2D eigenvalue weighted by Crippen LogP contribution is -2.19. The summed E-state index contributed by atoms with van der Waals surface area (Å²) in [6.45, 7) is 6.18. The largest absolute Gasteiger partial charge is 0.322 e. The second-order valence-electron chi connectivity index (χ2n) is 5.61. The number of pyridine rings is 1. The van der Waals surface area contributed by atoms with Crippen LogP contribution < -0.4 is 5.32 Å². The van der Waals surface area contributed by atoms with Crippen LogP contribution in [0.25, 0.3) is 0 Å². The van der Waals surface area contributed by atoms with Gasteiger partial charge in [0.25, 0.3) is 5.91 Å².